The number of amides is 8. The minimum Gasteiger partial charge on any atom is -0.444 e. The number of carbonyl (C=O) groups excluding carboxylic acids is 8. The molecule has 2 aromatic rings. The highest BCUT2D eigenvalue weighted by atomic mass is 32.2. The molecule has 20 nitrogen and oxygen atoms in total. The number of hydrogen-bond donors (Lipinski definition) is 4. The lowest BCUT2D eigenvalue weighted by Crippen LogP contribution is -2.58. The van der Waals surface area contributed by atoms with Crippen LogP contribution in [-0.4, -0.2) is 177 Å². The number of nitrogens with one attached hydrogen (secondary N) is 4. The number of carbonyl (C=O) groups is 8. The molecule has 0 saturated carbocycles. The highest BCUT2D eigenvalue weighted by Gasteiger charge is 2.57. The first-order valence-corrected chi connectivity index (χ1v) is 34.4. The first-order valence-electron chi connectivity index (χ1n) is 32.3. The van der Waals surface area contributed by atoms with Gasteiger partial charge in [-0.15, -0.1) is 23.5 Å². The van der Waals surface area contributed by atoms with Crippen LogP contribution in [0.25, 0.3) is 0 Å². The van der Waals surface area contributed by atoms with Crippen molar-refractivity contribution in [3.63, 3.8) is 0 Å². The number of thioether (sulfide) groups is 2. The van der Waals surface area contributed by atoms with E-state index in [1.165, 1.54) is 23.9 Å². The number of benzene rings is 2. The molecule has 0 radical (unpaired) electrons. The van der Waals surface area contributed by atoms with Crippen LogP contribution in [0.5, 0.6) is 0 Å². The fourth-order valence-corrected chi connectivity index (χ4v) is 16.6. The largest absolute Gasteiger partial charge is 0.444 e. The molecule has 2 aromatic carbocycles. The molecule has 4 heterocycles. The topological polar surface area (TPSA) is 235 Å². The number of nitrogens with zero attached hydrogens (tertiary/aromatic N) is 4. The van der Waals surface area contributed by atoms with Gasteiger partial charge in [-0.25, -0.2) is 9.59 Å². The van der Waals surface area contributed by atoms with Crippen LogP contribution in [-0.2, 0) is 60.6 Å². The van der Waals surface area contributed by atoms with Gasteiger partial charge in [-0.1, -0.05) is 115 Å². The van der Waals surface area contributed by atoms with Gasteiger partial charge in [0.15, 0.2) is 0 Å². The zero-order chi connectivity index (χ0) is 64.8. The van der Waals surface area contributed by atoms with Crippen molar-refractivity contribution in [3.05, 3.63) is 70.8 Å². The van der Waals surface area contributed by atoms with Crippen molar-refractivity contribution in [2.45, 2.75) is 243 Å². The normalized spacial score (nSPS) is 26.3. The summed E-state index contributed by atoms with van der Waals surface area (Å²) in [5, 5.41) is 12.0. The number of likely N-dealkylation sites (N-methyl/N-ethyl adjacent to an activating group) is 2. The smallest absolute Gasteiger partial charge is 0.410 e. The van der Waals surface area contributed by atoms with E-state index in [2.05, 4.69) is 33.4 Å². The van der Waals surface area contributed by atoms with E-state index in [9.17, 15) is 38.4 Å². The SMILES string of the molecule is C[C@@H](C(=O)N[C@H]1CCS[C@H]2CC(C)(C)[C@@H](C(=O)N[C@H]3c4ccccc4C[C@H]3OCCCCCCCCCCO[C@@H]3Cc4ccccc4C3NC(=O)[C@H]3N4C(=O)[C@@H](NC(=O)CN(C)C(=O)OC(C)(C)C)CCS[C@H]4CC3(C)C)N2C1=O)N(C)C(=O)OC(C)(C)C. The Morgan fingerprint density at radius 1 is 0.596 bits per heavy atom. The summed E-state index contributed by atoms with van der Waals surface area (Å²) in [5.74, 6) is -0.791. The number of ether oxygens (including phenoxy) is 4. The zero-order valence-corrected chi connectivity index (χ0v) is 56.5. The Morgan fingerprint density at radius 3 is 1.44 bits per heavy atom. The molecule has 0 bridgehead atoms. The lowest BCUT2D eigenvalue weighted by Gasteiger charge is -2.35. The number of unbranched alkanes of at least 4 members (excludes halogenated alkanes) is 7. The Hall–Kier alpha value is -5.58. The number of rotatable bonds is 23. The molecule has 0 aromatic heterocycles. The first kappa shape index (κ1) is 69.3. The molecule has 2 aliphatic carbocycles. The molecular formula is C67H100N8O12S2. The van der Waals surface area contributed by atoms with Gasteiger partial charge in [-0.3, -0.25) is 33.7 Å². The summed E-state index contributed by atoms with van der Waals surface area (Å²) in [7, 11) is 2.98. The Morgan fingerprint density at radius 2 is 1.00 bits per heavy atom. The molecule has 492 valence electrons. The van der Waals surface area contributed by atoms with Crippen LogP contribution in [0, 0.1) is 10.8 Å². The molecule has 11 atom stereocenters. The Kier molecular flexibility index (Phi) is 22.9. The van der Waals surface area contributed by atoms with Crippen molar-refractivity contribution in [1.82, 2.24) is 40.9 Å². The predicted octanol–water partition coefficient (Wildman–Crippen LogP) is 8.98. The van der Waals surface area contributed by atoms with Crippen LogP contribution in [0.2, 0.25) is 0 Å². The standard InChI is InChI=1S/C67H100N8O12S2/c1-41(73(13)63(83)87-65(5,6)7)57(77)69-47-31-35-89-52-39-67(10,11)56(75(52)61(47)81)59(79)71-54-45-29-23-21-27-43(45)37-49(54)85-33-25-19-17-15-14-16-18-24-32-84-48-36-42-26-20-22-28-44(42)53(48)70-58(78)55-66(8,9)38-51-74(55)60(80)46(30-34-88-51)68-50(76)40-72(12)62(82)86-64(2,3)4/h20-23,26-29,41,46-49,51-56H,14-19,24-25,30-40H2,1-13H3,(H,68,76)(H,69,77)(H,70,78)(H,71,79)/t41-,46-,47-,48+,49+,51-,52-,53?,54-,55+,56+/m0/s1. The lowest BCUT2D eigenvalue weighted by molar-refractivity contribution is -0.144. The van der Waals surface area contributed by atoms with E-state index in [0.29, 0.717) is 63.2 Å². The van der Waals surface area contributed by atoms with E-state index in [1.807, 2.05) is 64.1 Å². The van der Waals surface area contributed by atoms with Crippen LogP contribution in [0.15, 0.2) is 48.5 Å². The molecule has 4 N–H and O–H groups in total. The summed E-state index contributed by atoms with van der Waals surface area (Å²) in [6, 6.07) is 11.3. The van der Waals surface area contributed by atoms with Crippen molar-refractivity contribution < 1.29 is 57.3 Å². The molecule has 4 aliphatic heterocycles. The Bertz CT molecular complexity index is 2880. The van der Waals surface area contributed by atoms with Gasteiger partial charge in [-0.05, 0) is 132 Å². The summed E-state index contributed by atoms with van der Waals surface area (Å²) >= 11 is 3.27. The average molecular weight is 1270 g/mol. The van der Waals surface area contributed by atoms with E-state index in [1.54, 1.807) is 81.8 Å². The second-order valence-corrected chi connectivity index (χ2v) is 31.2. The maximum atomic E-state index is 14.7. The lowest BCUT2D eigenvalue weighted by atomic mass is 9.83. The highest BCUT2D eigenvalue weighted by Crippen LogP contribution is 2.49. The molecule has 6 aliphatic rings. The second-order valence-electron chi connectivity index (χ2n) is 28.6. The summed E-state index contributed by atoms with van der Waals surface area (Å²) in [4.78, 5) is 116. The van der Waals surface area contributed by atoms with Crippen molar-refractivity contribution in [2.75, 3.05) is 45.4 Å². The quantitative estimate of drug-likeness (QED) is 0.0761. The third-order valence-electron chi connectivity index (χ3n) is 18.1. The third-order valence-corrected chi connectivity index (χ3v) is 20.6. The van der Waals surface area contributed by atoms with Gasteiger partial charge in [0.1, 0.15) is 48.0 Å². The van der Waals surface area contributed by atoms with Crippen LogP contribution in [0.1, 0.15) is 188 Å². The van der Waals surface area contributed by atoms with Crippen LogP contribution in [0.3, 0.4) is 0 Å². The predicted molar refractivity (Wildman–Crippen MR) is 344 cm³/mol. The minimum absolute atomic E-state index is 0.228. The van der Waals surface area contributed by atoms with Gasteiger partial charge in [0.05, 0.1) is 35.0 Å². The van der Waals surface area contributed by atoms with E-state index in [4.69, 9.17) is 18.9 Å². The zero-order valence-electron chi connectivity index (χ0n) is 54.9. The molecule has 89 heavy (non-hydrogen) atoms. The van der Waals surface area contributed by atoms with Gasteiger partial charge in [0, 0.05) is 40.2 Å². The maximum Gasteiger partial charge on any atom is 0.410 e. The van der Waals surface area contributed by atoms with Gasteiger partial charge in [0.25, 0.3) is 0 Å². The van der Waals surface area contributed by atoms with Crippen LogP contribution >= 0.6 is 23.5 Å². The molecule has 4 fully saturated rings. The van der Waals surface area contributed by atoms with Gasteiger partial charge in [0.2, 0.25) is 35.4 Å². The average Bonchev–Trinajstić information content (AvgIpc) is 1.62. The molecule has 4 saturated heterocycles. The Balaban J connectivity index is 0.765. The minimum atomic E-state index is -0.899. The van der Waals surface area contributed by atoms with Gasteiger partial charge >= 0.3 is 12.2 Å². The van der Waals surface area contributed by atoms with E-state index < -0.39 is 88.3 Å². The summed E-state index contributed by atoms with van der Waals surface area (Å²) < 4.78 is 24.1. The monoisotopic (exact) mass is 1270 g/mol. The van der Waals surface area contributed by atoms with Crippen molar-refractivity contribution in [3.8, 4) is 0 Å². The fourth-order valence-electron chi connectivity index (χ4n) is 13.5. The first-order chi connectivity index (χ1) is 41.9. The highest BCUT2D eigenvalue weighted by molar-refractivity contribution is 8.00. The number of fused-ring (bicyclic) bond motifs is 4. The molecule has 8 amide bonds. The summed E-state index contributed by atoms with van der Waals surface area (Å²) in [6.45, 7) is 21.1. The van der Waals surface area contributed by atoms with Crippen molar-refractivity contribution >= 4 is 71.2 Å². The van der Waals surface area contributed by atoms with Crippen molar-refractivity contribution in [1.29, 1.82) is 0 Å². The van der Waals surface area contributed by atoms with E-state index >= 15 is 0 Å². The molecule has 22 heteroatoms. The Labute approximate surface area is 536 Å². The summed E-state index contributed by atoms with van der Waals surface area (Å²) in [5.41, 5.74) is 1.73. The second kappa shape index (κ2) is 29.4. The number of hydrogen-bond acceptors (Lipinski definition) is 14. The van der Waals surface area contributed by atoms with Gasteiger partial charge < -0.3 is 54.9 Å². The third kappa shape index (κ3) is 17.3. The van der Waals surface area contributed by atoms with E-state index in [0.717, 1.165) is 73.6 Å². The van der Waals surface area contributed by atoms with Crippen molar-refractivity contribution in [2.24, 2.45) is 10.8 Å². The fraction of sp³-hybridized carbons (Fsp3) is 0.701. The molecule has 8 rings (SSSR count). The van der Waals surface area contributed by atoms with E-state index in [-0.39, 0.29) is 53.1 Å². The van der Waals surface area contributed by atoms with Crippen LogP contribution < -0.4 is 21.3 Å². The van der Waals surface area contributed by atoms with Gasteiger partial charge in [-0.2, -0.15) is 0 Å². The molecular weight excluding hydrogens is 1170 g/mol. The van der Waals surface area contributed by atoms with Crippen LogP contribution in [0.4, 0.5) is 9.59 Å². The maximum absolute atomic E-state index is 14.7. The molecule has 0 spiro atoms. The summed E-state index contributed by atoms with van der Waals surface area (Å²) in [6.07, 6.45) is 9.75. The molecule has 1 unspecified atom stereocenters.